The summed E-state index contributed by atoms with van der Waals surface area (Å²) < 4.78 is 0. The lowest BCUT2D eigenvalue weighted by Crippen LogP contribution is -2.38. The summed E-state index contributed by atoms with van der Waals surface area (Å²) in [5, 5.41) is 11.8. The third-order valence-electron chi connectivity index (χ3n) is 3.69. The molecule has 0 amide bonds. The Kier molecular flexibility index (Phi) is 5.36. The van der Waals surface area contributed by atoms with E-state index in [1.807, 2.05) is 0 Å². The van der Waals surface area contributed by atoms with E-state index in [4.69, 9.17) is 5.11 Å². The Labute approximate surface area is 104 Å². The second kappa shape index (κ2) is 6.33. The molecule has 0 bridgehead atoms. The number of likely N-dealkylation sites (tertiary alicyclic amines) is 1. The van der Waals surface area contributed by atoms with Crippen molar-refractivity contribution in [1.82, 2.24) is 15.1 Å². The molecule has 0 saturated carbocycles. The molecule has 0 aromatic rings. The fraction of sp³-hybridized carbons (Fsp3) is 0.917. The highest BCUT2D eigenvalue weighted by atomic mass is 16.4. The zero-order valence-electron chi connectivity index (χ0n) is 11.3. The van der Waals surface area contributed by atoms with Crippen molar-refractivity contribution in [2.45, 2.75) is 25.4 Å². The maximum Gasteiger partial charge on any atom is 0.320 e. The molecule has 5 nitrogen and oxygen atoms in total. The summed E-state index contributed by atoms with van der Waals surface area (Å²) in [6.45, 7) is 5.23. The number of carboxylic acids is 1. The first-order valence-electron chi connectivity index (χ1n) is 6.24. The van der Waals surface area contributed by atoms with E-state index in [2.05, 4.69) is 36.1 Å². The second-order valence-corrected chi connectivity index (χ2v) is 5.24. The molecule has 0 aromatic heterocycles. The number of hydrogen-bond donors (Lipinski definition) is 2. The van der Waals surface area contributed by atoms with E-state index < -0.39 is 12.0 Å². The van der Waals surface area contributed by atoms with E-state index in [1.54, 1.807) is 7.05 Å². The van der Waals surface area contributed by atoms with Gasteiger partial charge in [0.05, 0.1) is 0 Å². The average Bonchev–Trinajstić information content (AvgIpc) is 2.60. The summed E-state index contributed by atoms with van der Waals surface area (Å²) in [7, 11) is 5.92. The van der Waals surface area contributed by atoms with Crippen molar-refractivity contribution in [2.75, 3.05) is 40.8 Å². The molecule has 2 N–H and O–H groups in total. The Hall–Kier alpha value is -0.650. The van der Waals surface area contributed by atoms with E-state index in [-0.39, 0.29) is 0 Å². The molecule has 1 fully saturated rings. The van der Waals surface area contributed by atoms with Gasteiger partial charge in [-0.05, 0) is 33.5 Å². The van der Waals surface area contributed by atoms with Crippen LogP contribution in [0.2, 0.25) is 0 Å². The van der Waals surface area contributed by atoms with Crippen molar-refractivity contribution in [3.63, 3.8) is 0 Å². The molecule has 1 saturated heterocycles. The predicted octanol–water partition coefficient (Wildman–Crippen LogP) is -0.0690. The maximum absolute atomic E-state index is 10.9. The number of carbonyl (C=O) groups is 1. The van der Waals surface area contributed by atoms with Crippen molar-refractivity contribution >= 4 is 5.97 Å². The van der Waals surface area contributed by atoms with Crippen molar-refractivity contribution in [2.24, 2.45) is 5.92 Å². The second-order valence-electron chi connectivity index (χ2n) is 5.24. The zero-order chi connectivity index (χ0) is 13.0. The molecule has 5 heteroatoms. The summed E-state index contributed by atoms with van der Waals surface area (Å²) in [5.74, 6) is -0.105. The highest BCUT2D eigenvalue weighted by Gasteiger charge is 2.31. The van der Waals surface area contributed by atoms with Gasteiger partial charge in [0.1, 0.15) is 6.04 Å². The first-order chi connectivity index (χ1) is 7.95. The molecule has 1 aliphatic rings. The van der Waals surface area contributed by atoms with Crippen LogP contribution in [-0.2, 0) is 4.79 Å². The standard InChI is InChI=1S/C12H25N3O2/c1-9-7-15(8-11(9)14(3)4)6-5-10(13-2)12(16)17/h9-11,13H,5-8H2,1-4H3,(H,16,17). The average molecular weight is 243 g/mol. The fourth-order valence-electron chi connectivity index (χ4n) is 2.61. The van der Waals surface area contributed by atoms with Crippen LogP contribution in [0, 0.1) is 5.92 Å². The van der Waals surface area contributed by atoms with Crippen LogP contribution in [0.25, 0.3) is 0 Å². The van der Waals surface area contributed by atoms with Crippen molar-refractivity contribution in [1.29, 1.82) is 0 Å². The summed E-state index contributed by atoms with van der Waals surface area (Å²) in [4.78, 5) is 15.5. The van der Waals surface area contributed by atoms with Crippen LogP contribution in [0.4, 0.5) is 0 Å². The fourth-order valence-corrected chi connectivity index (χ4v) is 2.61. The lowest BCUT2D eigenvalue weighted by atomic mass is 10.1. The Morgan fingerprint density at radius 1 is 1.53 bits per heavy atom. The van der Waals surface area contributed by atoms with Crippen LogP contribution in [0.3, 0.4) is 0 Å². The first kappa shape index (κ1) is 14.4. The van der Waals surface area contributed by atoms with Gasteiger partial charge in [-0.1, -0.05) is 6.92 Å². The molecule has 3 atom stereocenters. The highest BCUT2D eigenvalue weighted by molar-refractivity contribution is 5.73. The Morgan fingerprint density at radius 3 is 2.59 bits per heavy atom. The van der Waals surface area contributed by atoms with E-state index in [0.717, 1.165) is 19.6 Å². The lowest BCUT2D eigenvalue weighted by molar-refractivity contribution is -0.139. The van der Waals surface area contributed by atoms with Crippen molar-refractivity contribution in [3.05, 3.63) is 0 Å². The van der Waals surface area contributed by atoms with Gasteiger partial charge < -0.3 is 20.2 Å². The third kappa shape index (κ3) is 3.94. The molecule has 0 aliphatic carbocycles. The zero-order valence-corrected chi connectivity index (χ0v) is 11.3. The van der Waals surface area contributed by atoms with Crippen LogP contribution < -0.4 is 5.32 Å². The van der Waals surface area contributed by atoms with Crippen molar-refractivity contribution < 1.29 is 9.90 Å². The monoisotopic (exact) mass is 243 g/mol. The van der Waals surface area contributed by atoms with Gasteiger partial charge in [0.25, 0.3) is 0 Å². The molecule has 100 valence electrons. The van der Waals surface area contributed by atoms with Gasteiger partial charge in [-0.25, -0.2) is 0 Å². The summed E-state index contributed by atoms with van der Waals surface area (Å²) in [6, 6.07) is 0.163. The van der Waals surface area contributed by atoms with Gasteiger partial charge in [0, 0.05) is 25.7 Å². The summed E-state index contributed by atoms with van der Waals surface area (Å²) in [5.41, 5.74) is 0. The number of nitrogens with zero attached hydrogens (tertiary/aromatic N) is 2. The Morgan fingerprint density at radius 2 is 2.18 bits per heavy atom. The van der Waals surface area contributed by atoms with Crippen LogP contribution in [0.5, 0.6) is 0 Å². The summed E-state index contributed by atoms with van der Waals surface area (Å²) in [6.07, 6.45) is 0.665. The van der Waals surface area contributed by atoms with Crippen LogP contribution >= 0.6 is 0 Å². The predicted molar refractivity (Wildman–Crippen MR) is 68.2 cm³/mol. The summed E-state index contributed by atoms with van der Waals surface area (Å²) >= 11 is 0. The van der Waals surface area contributed by atoms with Crippen LogP contribution in [0.15, 0.2) is 0 Å². The molecule has 3 unspecified atom stereocenters. The minimum atomic E-state index is -0.760. The molecule has 0 radical (unpaired) electrons. The number of carboxylic acid groups (broad SMARTS) is 1. The van der Waals surface area contributed by atoms with E-state index in [9.17, 15) is 4.79 Å². The molecule has 1 rings (SSSR count). The molecular weight excluding hydrogens is 218 g/mol. The quantitative estimate of drug-likeness (QED) is 0.684. The van der Waals surface area contributed by atoms with Gasteiger partial charge in [0.2, 0.25) is 0 Å². The van der Waals surface area contributed by atoms with E-state index in [1.165, 1.54) is 0 Å². The van der Waals surface area contributed by atoms with Crippen LogP contribution in [-0.4, -0.2) is 73.7 Å². The highest BCUT2D eigenvalue weighted by Crippen LogP contribution is 2.20. The Balaban J connectivity index is 2.37. The molecule has 17 heavy (non-hydrogen) atoms. The minimum Gasteiger partial charge on any atom is -0.480 e. The number of rotatable bonds is 6. The maximum atomic E-state index is 10.9. The topological polar surface area (TPSA) is 55.8 Å². The van der Waals surface area contributed by atoms with Crippen molar-refractivity contribution in [3.8, 4) is 0 Å². The smallest absolute Gasteiger partial charge is 0.320 e. The third-order valence-corrected chi connectivity index (χ3v) is 3.69. The largest absolute Gasteiger partial charge is 0.480 e. The molecule has 0 spiro atoms. The molecule has 1 aliphatic heterocycles. The van der Waals surface area contributed by atoms with Gasteiger partial charge in [-0.15, -0.1) is 0 Å². The number of aliphatic carboxylic acids is 1. The number of hydrogen-bond acceptors (Lipinski definition) is 4. The minimum absolute atomic E-state index is 0.427. The van der Waals surface area contributed by atoms with E-state index in [0.29, 0.717) is 18.4 Å². The van der Waals surface area contributed by atoms with Gasteiger partial charge in [-0.3, -0.25) is 4.79 Å². The molecular formula is C12H25N3O2. The molecule has 1 heterocycles. The first-order valence-corrected chi connectivity index (χ1v) is 6.24. The normalized spacial score (nSPS) is 27.6. The Bertz CT molecular complexity index is 258. The van der Waals surface area contributed by atoms with E-state index >= 15 is 0 Å². The lowest BCUT2D eigenvalue weighted by Gasteiger charge is -2.23. The van der Waals surface area contributed by atoms with Gasteiger partial charge >= 0.3 is 5.97 Å². The van der Waals surface area contributed by atoms with Gasteiger partial charge in [-0.2, -0.15) is 0 Å². The van der Waals surface area contributed by atoms with Gasteiger partial charge in [0.15, 0.2) is 0 Å². The molecule has 0 aromatic carbocycles. The SMILES string of the molecule is CNC(CCN1CC(C)C(N(C)C)C1)C(=O)O. The number of nitrogens with one attached hydrogen (secondary N) is 1. The van der Waals surface area contributed by atoms with Crippen LogP contribution in [0.1, 0.15) is 13.3 Å². The number of likely N-dealkylation sites (N-methyl/N-ethyl adjacent to an activating group) is 2.